The number of primary amides is 1. The average Bonchev–Trinajstić information content (AvgIpc) is 2.95. The second-order valence-electron chi connectivity index (χ2n) is 5.24. The predicted octanol–water partition coefficient (Wildman–Crippen LogP) is 0.969. The van der Waals surface area contributed by atoms with Gasteiger partial charge in [0.1, 0.15) is 0 Å². The number of hydrogen-bond acceptors (Lipinski definition) is 4. The van der Waals surface area contributed by atoms with Crippen LogP contribution in [0.5, 0.6) is 0 Å². The molecule has 5 heteroatoms. The third-order valence-electron chi connectivity index (χ3n) is 3.17. The summed E-state index contributed by atoms with van der Waals surface area (Å²) in [6, 6.07) is 0. The van der Waals surface area contributed by atoms with Crippen molar-refractivity contribution >= 4 is 22.8 Å². The van der Waals surface area contributed by atoms with E-state index >= 15 is 0 Å². The molecule has 4 nitrogen and oxygen atoms in total. The largest absolute Gasteiger partial charge is 0.369 e. The highest BCUT2D eigenvalue weighted by atomic mass is 32.2. The lowest BCUT2D eigenvalue weighted by molar-refractivity contribution is -0.125. The van der Waals surface area contributed by atoms with E-state index in [1.807, 2.05) is 25.6 Å². The van der Waals surface area contributed by atoms with Crippen LogP contribution in [0.1, 0.15) is 26.7 Å². The minimum Gasteiger partial charge on any atom is -0.369 e. The molecule has 0 bridgehead atoms. The van der Waals surface area contributed by atoms with E-state index in [0.717, 1.165) is 17.6 Å². The smallest absolute Gasteiger partial charge is 0.224 e. The first-order valence-electron chi connectivity index (χ1n) is 5.74. The fourth-order valence-corrected chi connectivity index (χ4v) is 2.79. The molecule has 90 valence electrons. The van der Waals surface area contributed by atoms with Crippen LogP contribution in [-0.4, -0.2) is 29.4 Å². The summed E-state index contributed by atoms with van der Waals surface area (Å²) in [5.41, 5.74) is 4.80. The van der Waals surface area contributed by atoms with E-state index in [-0.39, 0.29) is 5.91 Å². The Morgan fingerprint density at radius 2 is 2.31 bits per heavy atom. The number of hydrogen-bond donors (Lipinski definition) is 2. The summed E-state index contributed by atoms with van der Waals surface area (Å²) < 4.78 is 0. The fraction of sp³-hybridized carbons (Fsp3) is 0.818. The molecule has 2 aliphatic rings. The van der Waals surface area contributed by atoms with Crippen molar-refractivity contribution in [3.8, 4) is 0 Å². The lowest BCUT2D eigenvalue weighted by Crippen LogP contribution is -2.41. The van der Waals surface area contributed by atoms with Crippen molar-refractivity contribution in [1.82, 2.24) is 5.32 Å². The molecule has 2 rings (SSSR count). The van der Waals surface area contributed by atoms with E-state index in [0.29, 0.717) is 11.8 Å². The van der Waals surface area contributed by atoms with E-state index in [1.54, 1.807) is 0 Å². The molecule has 1 aliphatic carbocycles. The molecule has 0 aromatic heterocycles. The van der Waals surface area contributed by atoms with Crippen LogP contribution in [0.2, 0.25) is 0 Å². The summed E-state index contributed by atoms with van der Waals surface area (Å²) in [5, 5.41) is 4.87. The zero-order valence-electron chi connectivity index (χ0n) is 9.82. The van der Waals surface area contributed by atoms with Crippen molar-refractivity contribution in [2.45, 2.75) is 31.9 Å². The quantitative estimate of drug-likeness (QED) is 0.770. The van der Waals surface area contributed by atoms with Gasteiger partial charge in [-0.05, 0) is 32.6 Å². The zero-order chi connectivity index (χ0) is 11.8. The minimum atomic E-state index is -0.513. The molecule has 0 aromatic carbocycles. The van der Waals surface area contributed by atoms with Crippen molar-refractivity contribution in [2.75, 3.05) is 13.1 Å². The number of nitrogens with two attached hydrogens (primary N) is 1. The van der Waals surface area contributed by atoms with Gasteiger partial charge in [-0.1, -0.05) is 11.8 Å². The van der Waals surface area contributed by atoms with E-state index in [1.165, 1.54) is 12.8 Å². The lowest BCUT2D eigenvalue weighted by atomic mass is 9.93. The van der Waals surface area contributed by atoms with Crippen LogP contribution in [-0.2, 0) is 4.79 Å². The maximum Gasteiger partial charge on any atom is 0.224 e. The van der Waals surface area contributed by atoms with Gasteiger partial charge in [0.25, 0.3) is 0 Å². The molecule has 1 fully saturated rings. The maximum absolute atomic E-state index is 11.1. The zero-order valence-corrected chi connectivity index (χ0v) is 10.6. The molecular weight excluding hydrogens is 222 g/mol. The van der Waals surface area contributed by atoms with E-state index < -0.39 is 5.41 Å². The molecular formula is C11H19N3OS. The highest BCUT2D eigenvalue weighted by molar-refractivity contribution is 8.14. The van der Waals surface area contributed by atoms with Crippen LogP contribution in [0.4, 0.5) is 0 Å². The summed E-state index contributed by atoms with van der Waals surface area (Å²) in [6.07, 6.45) is 2.71. The third-order valence-corrected chi connectivity index (χ3v) is 4.51. The molecule has 1 unspecified atom stereocenters. The second kappa shape index (κ2) is 4.28. The standard InChI is InChI=1S/C11H19N3OS/c1-11(2,9(12)15)6-14-10-13-5-8(16-10)7-3-4-7/h7-8H,3-6H2,1-2H3,(H2,12,15)(H,13,14). The number of nitrogens with one attached hydrogen (secondary N) is 1. The molecule has 0 aromatic rings. The van der Waals surface area contributed by atoms with Gasteiger partial charge in [-0.2, -0.15) is 0 Å². The summed E-state index contributed by atoms with van der Waals surface area (Å²) in [5.74, 6) is 0.597. The Morgan fingerprint density at radius 3 is 2.88 bits per heavy atom. The van der Waals surface area contributed by atoms with Crippen molar-refractivity contribution in [3.63, 3.8) is 0 Å². The predicted molar refractivity (Wildman–Crippen MR) is 67.4 cm³/mol. The van der Waals surface area contributed by atoms with Gasteiger partial charge in [-0.15, -0.1) is 0 Å². The summed E-state index contributed by atoms with van der Waals surface area (Å²) in [6.45, 7) is 5.18. The van der Waals surface area contributed by atoms with Crippen molar-refractivity contribution in [2.24, 2.45) is 22.1 Å². The lowest BCUT2D eigenvalue weighted by Gasteiger charge is -2.21. The fourth-order valence-electron chi connectivity index (χ4n) is 1.59. The number of aliphatic imine (C=N–C) groups is 1. The van der Waals surface area contributed by atoms with Crippen molar-refractivity contribution in [1.29, 1.82) is 0 Å². The van der Waals surface area contributed by atoms with Crippen molar-refractivity contribution in [3.05, 3.63) is 0 Å². The van der Waals surface area contributed by atoms with Gasteiger partial charge >= 0.3 is 0 Å². The number of amides is 1. The van der Waals surface area contributed by atoms with E-state index in [4.69, 9.17) is 5.73 Å². The maximum atomic E-state index is 11.1. The molecule has 3 N–H and O–H groups in total. The number of carbonyl (C=O) groups excluding carboxylic acids is 1. The summed E-state index contributed by atoms with van der Waals surface area (Å²) >= 11 is 1.82. The van der Waals surface area contributed by atoms with Crippen LogP contribution in [0.3, 0.4) is 0 Å². The van der Waals surface area contributed by atoms with Crippen LogP contribution in [0.25, 0.3) is 0 Å². The van der Waals surface area contributed by atoms with Gasteiger partial charge in [-0.3, -0.25) is 9.79 Å². The number of carbonyl (C=O) groups is 1. The number of rotatable bonds is 4. The summed E-state index contributed by atoms with van der Waals surface area (Å²) in [4.78, 5) is 15.6. The Morgan fingerprint density at radius 1 is 1.62 bits per heavy atom. The van der Waals surface area contributed by atoms with Gasteiger partial charge in [0.2, 0.25) is 5.91 Å². The number of amidine groups is 1. The first-order valence-corrected chi connectivity index (χ1v) is 6.62. The number of thioether (sulfide) groups is 1. The van der Waals surface area contributed by atoms with Gasteiger partial charge in [0.05, 0.1) is 12.0 Å². The van der Waals surface area contributed by atoms with Gasteiger partial charge < -0.3 is 11.1 Å². The van der Waals surface area contributed by atoms with E-state index in [9.17, 15) is 4.79 Å². The molecule has 1 aliphatic heterocycles. The van der Waals surface area contributed by atoms with E-state index in [2.05, 4.69) is 10.3 Å². The Hall–Kier alpha value is -0.710. The van der Waals surface area contributed by atoms with Gasteiger partial charge in [0.15, 0.2) is 5.17 Å². The monoisotopic (exact) mass is 241 g/mol. The second-order valence-corrected chi connectivity index (χ2v) is 6.47. The molecule has 1 atom stereocenters. The first kappa shape index (κ1) is 11.8. The Labute approximate surface area is 100 Å². The first-order chi connectivity index (χ1) is 7.49. The Kier molecular flexibility index (Phi) is 3.15. The highest BCUT2D eigenvalue weighted by Gasteiger charge is 2.35. The molecule has 1 amide bonds. The third kappa shape index (κ3) is 2.70. The van der Waals surface area contributed by atoms with Crippen molar-refractivity contribution < 1.29 is 4.79 Å². The number of nitrogens with zero attached hydrogens (tertiary/aromatic N) is 1. The molecule has 0 spiro atoms. The van der Waals surface area contributed by atoms with Gasteiger partial charge in [-0.25, -0.2) is 0 Å². The Bertz CT molecular complexity index is 323. The average molecular weight is 241 g/mol. The molecule has 0 saturated heterocycles. The minimum absolute atomic E-state index is 0.276. The van der Waals surface area contributed by atoms with Crippen LogP contribution in [0, 0.1) is 11.3 Å². The SMILES string of the molecule is CC(C)(CNC1=NCC(C2CC2)S1)C(N)=O. The van der Waals surface area contributed by atoms with Crippen LogP contribution < -0.4 is 11.1 Å². The topological polar surface area (TPSA) is 67.5 Å². The molecule has 0 radical (unpaired) electrons. The molecule has 1 heterocycles. The summed E-state index contributed by atoms with van der Waals surface area (Å²) in [7, 11) is 0. The molecule has 16 heavy (non-hydrogen) atoms. The molecule has 1 saturated carbocycles. The highest BCUT2D eigenvalue weighted by Crippen LogP contribution is 2.41. The van der Waals surface area contributed by atoms with Crippen LogP contribution in [0.15, 0.2) is 4.99 Å². The van der Waals surface area contributed by atoms with Gasteiger partial charge in [0, 0.05) is 11.8 Å². The van der Waals surface area contributed by atoms with Crippen LogP contribution >= 0.6 is 11.8 Å². The Balaban J connectivity index is 1.76. The normalized spacial score (nSPS) is 25.4.